The molecule has 9 rings (SSSR count). The predicted molar refractivity (Wildman–Crippen MR) is 284 cm³/mol. The minimum atomic E-state index is -0.703. The Labute approximate surface area is 432 Å². The van der Waals surface area contributed by atoms with Crippen molar-refractivity contribution in [2.45, 2.75) is 174 Å². The number of methoxy groups -OCH3 is 2. The first-order chi connectivity index (χ1) is 35.3. The third-order valence-electron chi connectivity index (χ3n) is 17.3. The summed E-state index contributed by atoms with van der Waals surface area (Å²) in [7, 11) is 2.66. The number of aromatic nitrogens is 4. The van der Waals surface area contributed by atoms with Crippen molar-refractivity contribution in [3.05, 3.63) is 101 Å². The average molecular weight is 997 g/mol. The molecule has 1 aromatic carbocycles. The van der Waals surface area contributed by atoms with Crippen LogP contribution in [-0.4, -0.2) is 92.1 Å². The maximum Gasteiger partial charge on any atom is 0.407 e. The first-order valence-electron chi connectivity index (χ1n) is 27.6. The lowest BCUT2D eigenvalue weighted by Crippen LogP contribution is -2.53. The molecule has 6 aliphatic rings. The largest absolute Gasteiger partial charge is 0.453 e. The Morgan fingerprint density at radius 1 is 0.726 bits per heavy atom. The van der Waals surface area contributed by atoms with Gasteiger partial charge in [0.15, 0.2) is 0 Å². The molecule has 4 aliphatic carbocycles. The van der Waals surface area contributed by atoms with Crippen molar-refractivity contribution in [2.75, 3.05) is 14.2 Å². The maximum absolute atomic E-state index is 14.6. The van der Waals surface area contributed by atoms with Crippen LogP contribution in [0.4, 0.5) is 9.59 Å². The van der Waals surface area contributed by atoms with Gasteiger partial charge in [-0.05, 0) is 111 Å². The summed E-state index contributed by atoms with van der Waals surface area (Å²) in [6.45, 7) is 12.4. The van der Waals surface area contributed by atoms with E-state index in [2.05, 4.69) is 94.0 Å². The number of nitrogens with one attached hydrogen (secondary N) is 4. The number of H-pyrrole nitrogens is 2. The summed E-state index contributed by atoms with van der Waals surface area (Å²) >= 11 is 0. The molecule has 3 aromatic rings. The van der Waals surface area contributed by atoms with Crippen molar-refractivity contribution in [3.63, 3.8) is 0 Å². The SMILES string of the molecule is CCC1C=C(c2c[nH]c(C3CC4CCCCC4N3C(=O)C(NC(=O)OC)C(C)C)n2)C(CCC2=CCC(C)C=C2)=CC1c1ccc(-c2c[nH]c(C3CC4CCCCC4N3C(=O)C(NC(=O)OC)C(C)C)n2)cc1. The predicted octanol–water partition coefficient (Wildman–Crippen LogP) is 11.7. The van der Waals surface area contributed by atoms with E-state index in [9.17, 15) is 19.2 Å². The smallest absolute Gasteiger partial charge is 0.407 e. The number of likely N-dealkylation sites (tertiary alicyclic amines) is 2. The molecule has 4 heterocycles. The van der Waals surface area contributed by atoms with Gasteiger partial charge in [0, 0.05) is 41.5 Å². The molecule has 0 radical (unpaired) electrons. The second kappa shape index (κ2) is 22.7. The fourth-order valence-electron chi connectivity index (χ4n) is 13.2. The van der Waals surface area contributed by atoms with E-state index in [1.165, 1.54) is 30.9 Å². The molecule has 73 heavy (non-hydrogen) atoms. The number of fused-ring (bicyclic) bond motifs is 2. The van der Waals surface area contributed by atoms with Crippen LogP contribution >= 0.6 is 0 Å². The Bertz CT molecular complexity index is 2590. The summed E-state index contributed by atoms with van der Waals surface area (Å²) in [6, 6.07) is 7.24. The highest BCUT2D eigenvalue weighted by atomic mass is 16.5. The summed E-state index contributed by atoms with van der Waals surface area (Å²) in [4.78, 5) is 75.7. The molecule has 4 fully saturated rings. The zero-order valence-corrected chi connectivity index (χ0v) is 44.5. The second-order valence-corrected chi connectivity index (χ2v) is 22.6. The number of imidazole rings is 2. The number of nitrogens with zero attached hydrogens (tertiary/aromatic N) is 4. The van der Waals surface area contributed by atoms with Gasteiger partial charge in [-0.3, -0.25) is 9.59 Å². The van der Waals surface area contributed by atoms with E-state index in [1.807, 2.05) is 45.0 Å². The van der Waals surface area contributed by atoms with Gasteiger partial charge in [-0.1, -0.05) is 127 Å². The maximum atomic E-state index is 14.6. The molecule has 2 aromatic heterocycles. The highest BCUT2D eigenvalue weighted by Crippen LogP contribution is 2.49. The molecule has 4 amide bonds. The minimum absolute atomic E-state index is 0.0676. The summed E-state index contributed by atoms with van der Waals surface area (Å²) < 4.78 is 9.88. The van der Waals surface area contributed by atoms with E-state index in [-0.39, 0.29) is 59.7 Å². The molecule has 0 spiro atoms. The first kappa shape index (κ1) is 52.0. The number of ether oxygens (including phenoxy) is 2. The third-order valence-corrected chi connectivity index (χ3v) is 17.3. The van der Waals surface area contributed by atoms with Gasteiger partial charge in [-0.2, -0.15) is 0 Å². The Hall–Kier alpha value is -5.92. The average Bonchev–Trinajstić information content (AvgIpc) is 4.24. The van der Waals surface area contributed by atoms with Crippen LogP contribution in [0.25, 0.3) is 16.8 Å². The van der Waals surface area contributed by atoms with E-state index in [0.29, 0.717) is 17.8 Å². The van der Waals surface area contributed by atoms with E-state index in [1.54, 1.807) is 0 Å². The van der Waals surface area contributed by atoms with Crippen molar-refractivity contribution in [1.82, 2.24) is 40.4 Å². The zero-order chi connectivity index (χ0) is 51.5. The Kier molecular flexibility index (Phi) is 16.1. The quantitative estimate of drug-likeness (QED) is 0.116. The van der Waals surface area contributed by atoms with Crippen LogP contribution in [0, 0.1) is 35.5 Å². The van der Waals surface area contributed by atoms with Crippen LogP contribution in [0.3, 0.4) is 0 Å². The summed E-state index contributed by atoms with van der Waals surface area (Å²) in [5, 5.41) is 5.68. The number of aromatic amines is 2. The van der Waals surface area contributed by atoms with Crippen molar-refractivity contribution >= 4 is 29.6 Å². The van der Waals surface area contributed by atoms with Gasteiger partial charge in [0.1, 0.15) is 23.7 Å². The van der Waals surface area contributed by atoms with Crippen LogP contribution in [0.2, 0.25) is 0 Å². The molecule has 392 valence electrons. The van der Waals surface area contributed by atoms with E-state index >= 15 is 0 Å². The Morgan fingerprint density at radius 2 is 1.26 bits per heavy atom. The molecule has 14 nitrogen and oxygen atoms in total. The van der Waals surface area contributed by atoms with Gasteiger partial charge >= 0.3 is 12.2 Å². The Morgan fingerprint density at radius 3 is 1.77 bits per heavy atom. The van der Waals surface area contributed by atoms with Crippen LogP contribution in [0.5, 0.6) is 0 Å². The van der Waals surface area contributed by atoms with Gasteiger partial charge in [0.2, 0.25) is 11.8 Å². The lowest BCUT2D eigenvalue weighted by molar-refractivity contribution is -0.139. The third kappa shape index (κ3) is 11.0. The molecular weight excluding hydrogens is 917 g/mol. The van der Waals surface area contributed by atoms with Crippen LogP contribution < -0.4 is 10.6 Å². The lowest BCUT2D eigenvalue weighted by atomic mass is 9.75. The molecule has 2 saturated heterocycles. The van der Waals surface area contributed by atoms with Crippen molar-refractivity contribution in [3.8, 4) is 11.3 Å². The molecule has 2 aliphatic heterocycles. The molecule has 0 bridgehead atoms. The van der Waals surface area contributed by atoms with E-state index in [4.69, 9.17) is 19.4 Å². The lowest BCUT2D eigenvalue weighted by Gasteiger charge is -2.36. The Balaban J connectivity index is 0.982. The summed E-state index contributed by atoms with van der Waals surface area (Å²) in [5.74, 6) is 2.91. The number of rotatable bonds is 15. The number of allylic oxidation sites excluding steroid dienone is 8. The molecule has 2 saturated carbocycles. The van der Waals surface area contributed by atoms with Crippen LogP contribution in [0.15, 0.2) is 78.2 Å². The van der Waals surface area contributed by atoms with Crippen molar-refractivity contribution in [1.29, 1.82) is 0 Å². The highest BCUT2D eigenvalue weighted by molar-refractivity contribution is 5.88. The van der Waals surface area contributed by atoms with Gasteiger partial charge in [0.25, 0.3) is 0 Å². The monoisotopic (exact) mass is 997 g/mol. The molecule has 14 heteroatoms. The number of amides is 4. The zero-order valence-electron chi connectivity index (χ0n) is 44.5. The molecule has 11 atom stereocenters. The number of benzene rings is 1. The van der Waals surface area contributed by atoms with Crippen LogP contribution in [0.1, 0.15) is 172 Å². The topological polar surface area (TPSA) is 175 Å². The summed E-state index contributed by atoms with van der Waals surface area (Å²) in [5.41, 5.74) is 7.78. The summed E-state index contributed by atoms with van der Waals surface area (Å²) in [6.07, 6.45) is 28.8. The first-order valence-corrected chi connectivity index (χ1v) is 27.6. The number of carbonyl (C=O) groups is 4. The second-order valence-electron chi connectivity index (χ2n) is 22.6. The molecule has 4 N–H and O–H groups in total. The van der Waals surface area contributed by atoms with Gasteiger partial charge in [0.05, 0.1) is 37.7 Å². The molecular formula is C59H80N8O6. The number of hydrogen-bond acceptors (Lipinski definition) is 8. The normalized spacial score (nSPS) is 27.6. The number of alkyl carbamates (subject to hydrolysis) is 2. The molecule has 11 unspecified atom stereocenters. The van der Waals surface area contributed by atoms with Crippen LogP contribution in [-0.2, 0) is 19.1 Å². The van der Waals surface area contributed by atoms with Gasteiger partial charge in [-0.25, -0.2) is 19.6 Å². The van der Waals surface area contributed by atoms with Crippen molar-refractivity contribution in [2.24, 2.45) is 35.5 Å². The highest BCUT2D eigenvalue weighted by Gasteiger charge is 2.50. The minimum Gasteiger partial charge on any atom is -0.453 e. The van der Waals surface area contributed by atoms with Crippen molar-refractivity contribution < 1.29 is 28.7 Å². The van der Waals surface area contributed by atoms with Gasteiger partial charge in [-0.15, -0.1) is 0 Å². The fraction of sp³-hybridized carbons (Fsp3) is 0.593. The van der Waals surface area contributed by atoms with E-state index < -0.39 is 24.3 Å². The number of carbonyl (C=O) groups excluding carboxylic acids is 4. The fourth-order valence-corrected chi connectivity index (χ4v) is 13.2. The number of hydrogen-bond donors (Lipinski definition) is 4. The van der Waals surface area contributed by atoms with E-state index in [0.717, 1.165) is 124 Å². The standard InChI is InChI=1S/C59H80N8O6/c1-9-38-28-45(47-33-61-55(63-47)51-31-43-15-11-13-17-49(43)67(51)57(69)53(35(4)5)65-59(71)73-8)41(23-22-37-20-18-36(6)19-21-37)29-44(38)39-24-26-40(27-25-39)46-32-60-54(62-46)50-30-42-14-10-12-16-48(42)66(50)56(68)52(34(2)3)64-58(70)72-7/h18,20-21,24-29,32-36,38,42-44,48-53H,9-17,19,22-23,30-31H2,1-8H3,(H,60,62)(H,61,63)(H,64,70)(H,65,71). The van der Waals surface area contributed by atoms with Gasteiger partial charge < -0.3 is 39.9 Å².